The second-order valence-corrected chi connectivity index (χ2v) is 5.47. The Labute approximate surface area is 134 Å². The molecule has 3 aromatic rings. The van der Waals surface area contributed by atoms with Crippen molar-refractivity contribution >= 4 is 5.95 Å². The van der Waals surface area contributed by atoms with Crippen molar-refractivity contribution in [2.45, 2.75) is 19.4 Å². The number of aryl methyl sites for hydroxylation is 1. The number of nitrogens with zero attached hydrogens (tertiary/aromatic N) is 4. The van der Waals surface area contributed by atoms with Crippen molar-refractivity contribution in [3.8, 4) is 5.69 Å². The molecule has 0 unspecified atom stereocenters. The van der Waals surface area contributed by atoms with E-state index < -0.39 is 6.10 Å². The largest absolute Gasteiger partial charge is 0.391 e. The van der Waals surface area contributed by atoms with E-state index in [4.69, 9.17) is 0 Å². The predicted octanol–water partition coefficient (Wildman–Crippen LogP) is 1.99. The number of aliphatic hydroxyl groups is 1. The maximum atomic E-state index is 10.2. The van der Waals surface area contributed by atoms with Crippen LogP contribution in [0.1, 0.15) is 11.1 Å². The van der Waals surface area contributed by atoms with Gasteiger partial charge in [0.15, 0.2) is 0 Å². The second kappa shape index (κ2) is 7.02. The van der Waals surface area contributed by atoms with E-state index in [1.54, 1.807) is 4.68 Å². The molecule has 6 heteroatoms. The second-order valence-electron chi connectivity index (χ2n) is 5.47. The molecule has 3 rings (SSSR count). The van der Waals surface area contributed by atoms with Crippen molar-refractivity contribution in [1.82, 2.24) is 20.2 Å². The summed E-state index contributed by atoms with van der Waals surface area (Å²) in [4.78, 5) is 0. The Morgan fingerprint density at radius 3 is 2.57 bits per heavy atom. The van der Waals surface area contributed by atoms with E-state index in [0.717, 1.165) is 11.3 Å². The molecule has 0 fully saturated rings. The average molecular weight is 309 g/mol. The smallest absolute Gasteiger partial charge is 0.247 e. The van der Waals surface area contributed by atoms with E-state index >= 15 is 0 Å². The Morgan fingerprint density at radius 1 is 1.09 bits per heavy atom. The summed E-state index contributed by atoms with van der Waals surface area (Å²) in [5.74, 6) is 0.515. The molecule has 0 amide bonds. The maximum Gasteiger partial charge on any atom is 0.247 e. The van der Waals surface area contributed by atoms with Gasteiger partial charge in [-0.15, -0.1) is 0 Å². The maximum absolute atomic E-state index is 10.2. The fourth-order valence-corrected chi connectivity index (χ4v) is 2.32. The van der Waals surface area contributed by atoms with Crippen molar-refractivity contribution in [3.05, 3.63) is 65.7 Å². The molecule has 6 nitrogen and oxygen atoms in total. The van der Waals surface area contributed by atoms with Crippen molar-refractivity contribution < 1.29 is 5.11 Å². The molecule has 2 N–H and O–H groups in total. The Hall–Kier alpha value is -2.73. The summed E-state index contributed by atoms with van der Waals surface area (Å²) in [6.07, 6.45) is 0.0699. The van der Waals surface area contributed by atoms with Crippen LogP contribution in [-0.4, -0.2) is 38.0 Å². The van der Waals surface area contributed by atoms with Gasteiger partial charge in [-0.25, -0.2) is 0 Å². The SMILES string of the molecule is Cc1ccc(-n2nnnc2NC[C@H](O)Cc2ccccc2)cc1. The molecule has 0 aliphatic carbocycles. The lowest BCUT2D eigenvalue weighted by atomic mass is 10.1. The number of nitrogens with one attached hydrogen (secondary N) is 1. The predicted molar refractivity (Wildman–Crippen MR) is 88.5 cm³/mol. The van der Waals surface area contributed by atoms with E-state index in [0.29, 0.717) is 18.9 Å². The van der Waals surface area contributed by atoms with Gasteiger partial charge >= 0.3 is 0 Å². The fraction of sp³-hybridized carbons (Fsp3) is 0.235. The van der Waals surface area contributed by atoms with Gasteiger partial charge in [0.25, 0.3) is 0 Å². The molecule has 1 heterocycles. The zero-order chi connectivity index (χ0) is 16.1. The molecule has 0 saturated heterocycles. The Bertz CT molecular complexity index is 739. The first kappa shape index (κ1) is 15.2. The lowest BCUT2D eigenvalue weighted by Gasteiger charge is -2.12. The molecule has 23 heavy (non-hydrogen) atoms. The average Bonchev–Trinajstić information content (AvgIpc) is 3.03. The number of aromatic nitrogens is 4. The summed E-state index contributed by atoms with van der Waals surface area (Å²) in [6, 6.07) is 17.8. The van der Waals surface area contributed by atoms with Gasteiger partial charge < -0.3 is 10.4 Å². The number of hydrogen-bond donors (Lipinski definition) is 2. The fourth-order valence-electron chi connectivity index (χ4n) is 2.32. The van der Waals surface area contributed by atoms with Crippen LogP contribution in [0.5, 0.6) is 0 Å². The quantitative estimate of drug-likeness (QED) is 0.728. The van der Waals surface area contributed by atoms with Crippen molar-refractivity contribution in [2.75, 3.05) is 11.9 Å². The summed E-state index contributed by atoms with van der Waals surface area (Å²) in [5.41, 5.74) is 3.15. The van der Waals surface area contributed by atoms with Crippen molar-refractivity contribution in [2.24, 2.45) is 0 Å². The zero-order valence-electron chi connectivity index (χ0n) is 12.9. The van der Waals surface area contributed by atoms with Gasteiger partial charge in [0, 0.05) is 13.0 Å². The first-order valence-corrected chi connectivity index (χ1v) is 7.53. The zero-order valence-corrected chi connectivity index (χ0v) is 12.9. The van der Waals surface area contributed by atoms with E-state index in [2.05, 4.69) is 20.8 Å². The molecule has 0 spiro atoms. The highest BCUT2D eigenvalue weighted by atomic mass is 16.3. The Kier molecular flexibility index (Phi) is 4.63. The van der Waals surface area contributed by atoms with E-state index in [-0.39, 0.29) is 0 Å². The van der Waals surface area contributed by atoms with Gasteiger partial charge in [0.2, 0.25) is 5.95 Å². The van der Waals surface area contributed by atoms with Crippen molar-refractivity contribution in [1.29, 1.82) is 0 Å². The minimum absolute atomic E-state index is 0.376. The van der Waals surface area contributed by atoms with Crippen LogP contribution in [0.4, 0.5) is 5.95 Å². The van der Waals surface area contributed by atoms with Crippen LogP contribution in [0.25, 0.3) is 5.69 Å². The van der Waals surface area contributed by atoms with Gasteiger partial charge in [-0.2, -0.15) is 4.68 Å². The number of tetrazole rings is 1. The topological polar surface area (TPSA) is 75.9 Å². The van der Waals surface area contributed by atoms with Gasteiger partial charge in [0.1, 0.15) is 0 Å². The highest BCUT2D eigenvalue weighted by Gasteiger charge is 2.11. The van der Waals surface area contributed by atoms with E-state index in [1.165, 1.54) is 5.56 Å². The van der Waals surface area contributed by atoms with Crippen LogP contribution in [0.15, 0.2) is 54.6 Å². The molecule has 1 aromatic heterocycles. The first-order valence-electron chi connectivity index (χ1n) is 7.53. The van der Waals surface area contributed by atoms with Gasteiger partial charge in [0.05, 0.1) is 11.8 Å². The van der Waals surface area contributed by atoms with Crippen LogP contribution in [0, 0.1) is 6.92 Å². The van der Waals surface area contributed by atoms with Crippen LogP contribution in [-0.2, 0) is 6.42 Å². The standard InChI is InChI=1S/C17H19N5O/c1-13-7-9-15(10-8-13)22-17(19-20-21-22)18-12-16(23)11-14-5-3-2-4-6-14/h2-10,16,23H,11-12H2,1H3,(H,18,19,21)/t16-/m1/s1. The monoisotopic (exact) mass is 309 g/mol. The minimum atomic E-state index is -0.513. The van der Waals surface area contributed by atoms with Crippen LogP contribution in [0.2, 0.25) is 0 Å². The third-order valence-corrected chi connectivity index (χ3v) is 3.56. The lowest BCUT2D eigenvalue weighted by molar-refractivity contribution is 0.188. The number of benzene rings is 2. The first-order chi connectivity index (χ1) is 11.2. The number of hydrogen-bond acceptors (Lipinski definition) is 5. The normalized spacial score (nSPS) is 12.1. The number of aliphatic hydroxyl groups excluding tert-OH is 1. The van der Waals surface area contributed by atoms with Gasteiger partial charge in [-0.3, -0.25) is 0 Å². The summed E-state index contributed by atoms with van der Waals surface area (Å²) in [6.45, 7) is 2.41. The van der Waals surface area contributed by atoms with E-state index in [9.17, 15) is 5.11 Å². The molecular weight excluding hydrogens is 290 g/mol. The minimum Gasteiger partial charge on any atom is -0.391 e. The highest BCUT2D eigenvalue weighted by Crippen LogP contribution is 2.12. The lowest BCUT2D eigenvalue weighted by Crippen LogP contribution is -2.23. The van der Waals surface area contributed by atoms with Crippen LogP contribution < -0.4 is 5.32 Å². The molecule has 0 saturated carbocycles. The van der Waals surface area contributed by atoms with Crippen LogP contribution in [0.3, 0.4) is 0 Å². The third-order valence-electron chi connectivity index (χ3n) is 3.56. The molecule has 0 aliphatic heterocycles. The Balaban J connectivity index is 1.63. The summed E-state index contributed by atoms with van der Waals surface area (Å²) >= 11 is 0. The molecule has 0 radical (unpaired) electrons. The highest BCUT2D eigenvalue weighted by molar-refractivity contribution is 5.40. The molecule has 1 atom stereocenters. The van der Waals surface area contributed by atoms with E-state index in [1.807, 2.05) is 61.5 Å². The van der Waals surface area contributed by atoms with Crippen LogP contribution >= 0.6 is 0 Å². The number of anilines is 1. The summed E-state index contributed by atoms with van der Waals surface area (Å²) in [5, 5.41) is 24.9. The van der Waals surface area contributed by atoms with Gasteiger partial charge in [-0.1, -0.05) is 53.1 Å². The molecule has 0 aliphatic rings. The Morgan fingerprint density at radius 2 is 1.83 bits per heavy atom. The molecular formula is C17H19N5O. The number of rotatable bonds is 6. The summed E-state index contributed by atoms with van der Waals surface area (Å²) in [7, 11) is 0. The molecule has 118 valence electrons. The summed E-state index contributed by atoms with van der Waals surface area (Å²) < 4.78 is 1.62. The third kappa shape index (κ3) is 3.92. The van der Waals surface area contributed by atoms with Gasteiger partial charge in [-0.05, 0) is 35.0 Å². The molecule has 2 aromatic carbocycles. The van der Waals surface area contributed by atoms with Crippen molar-refractivity contribution in [3.63, 3.8) is 0 Å². The molecule has 0 bridgehead atoms.